The lowest BCUT2D eigenvalue weighted by atomic mass is 10.3. The van der Waals surface area contributed by atoms with Gasteiger partial charge >= 0.3 is 0 Å². The largest absolute Gasteiger partial charge is 0.322 e. The van der Waals surface area contributed by atoms with Crippen molar-refractivity contribution in [2.75, 3.05) is 0 Å². The van der Waals surface area contributed by atoms with Gasteiger partial charge in [0.2, 0.25) is 0 Å². The summed E-state index contributed by atoms with van der Waals surface area (Å²) in [6.45, 7) is 1.80. The molecule has 1 atom stereocenters. The molecule has 1 unspecified atom stereocenters. The Morgan fingerprint density at radius 3 is 2.65 bits per heavy atom. The van der Waals surface area contributed by atoms with Crippen molar-refractivity contribution in [3.63, 3.8) is 0 Å². The maximum absolute atomic E-state index is 8.59. The van der Waals surface area contributed by atoms with Crippen molar-refractivity contribution in [3.05, 3.63) is 30.2 Å². The number of nitrogens with two attached hydrogens (primary N) is 1. The van der Waals surface area contributed by atoms with Crippen molar-refractivity contribution in [2.24, 2.45) is 5.73 Å². The Hall–Kier alpha value is -2.04. The zero-order valence-corrected chi connectivity index (χ0v) is 9.79. The molecule has 17 heavy (non-hydrogen) atoms. The predicted octanol–water partition coefficient (Wildman–Crippen LogP) is 0.370. The van der Waals surface area contributed by atoms with Crippen LogP contribution in [0.3, 0.4) is 0 Å². The lowest BCUT2D eigenvalue weighted by Crippen LogP contribution is -2.14. The summed E-state index contributed by atoms with van der Waals surface area (Å²) in [6.07, 6.45) is 4.24. The van der Waals surface area contributed by atoms with Crippen LogP contribution in [0.4, 0.5) is 0 Å². The van der Waals surface area contributed by atoms with Crippen molar-refractivity contribution < 1.29 is 0 Å². The van der Waals surface area contributed by atoms with Gasteiger partial charge in [0.05, 0.1) is 18.4 Å². The average molecular weight is 252 g/mol. The van der Waals surface area contributed by atoms with E-state index in [1.54, 1.807) is 6.92 Å². The van der Waals surface area contributed by atoms with Gasteiger partial charge in [-0.25, -0.2) is 15.0 Å². The maximum atomic E-state index is 8.59. The first-order chi connectivity index (χ1) is 7.72. The highest BCUT2D eigenvalue weighted by Crippen LogP contribution is 2.09. The summed E-state index contributed by atoms with van der Waals surface area (Å²) in [5, 5.41) is 12.6. The number of rotatable bonds is 2. The fourth-order valence-electron chi connectivity index (χ4n) is 1.23. The Balaban J connectivity index is 0.00000144. The Morgan fingerprint density at radius 2 is 2.12 bits per heavy atom. The first kappa shape index (κ1) is 13.0. The second-order valence-corrected chi connectivity index (χ2v) is 3.19. The van der Waals surface area contributed by atoms with Crippen LogP contribution in [0, 0.1) is 11.3 Å². The third kappa shape index (κ3) is 2.55. The number of nitriles is 1. The zero-order valence-electron chi connectivity index (χ0n) is 8.98. The van der Waals surface area contributed by atoms with E-state index in [2.05, 4.69) is 20.1 Å². The van der Waals surface area contributed by atoms with Crippen LogP contribution in [0.2, 0.25) is 0 Å². The Labute approximate surface area is 104 Å². The molecule has 2 N–H and O–H groups in total. The Morgan fingerprint density at radius 1 is 1.35 bits per heavy atom. The molecule has 0 saturated carbocycles. The third-order valence-electron chi connectivity index (χ3n) is 1.95. The molecule has 0 aliphatic carbocycles. The third-order valence-corrected chi connectivity index (χ3v) is 1.95. The van der Waals surface area contributed by atoms with Crippen LogP contribution in [0.25, 0.3) is 5.82 Å². The zero-order chi connectivity index (χ0) is 11.5. The molecule has 0 saturated heterocycles. The Kier molecular flexibility index (Phi) is 4.09. The lowest BCUT2D eigenvalue weighted by molar-refractivity contribution is 0.679. The molecule has 0 radical (unpaired) electrons. The van der Waals surface area contributed by atoms with Gasteiger partial charge in [0.1, 0.15) is 12.4 Å². The standard InChI is InChI=1S/C9H9N7.ClH/c1-6(11)9-14-5-15-16(9)8-4-12-7(2-10)3-13-8;/h3-6H,11H2,1H3;1H. The number of hydrogen-bond acceptors (Lipinski definition) is 6. The molecular formula is C9H10ClN7. The van der Waals surface area contributed by atoms with Crippen LogP contribution in [-0.2, 0) is 0 Å². The van der Waals surface area contributed by atoms with Gasteiger partial charge in [-0.2, -0.15) is 15.0 Å². The fraction of sp³-hybridized carbons (Fsp3) is 0.222. The van der Waals surface area contributed by atoms with Gasteiger partial charge in [0.25, 0.3) is 0 Å². The van der Waals surface area contributed by atoms with Gasteiger partial charge < -0.3 is 5.73 Å². The molecule has 0 fully saturated rings. The molecule has 0 bridgehead atoms. The van der Waals surface area contributed by atoms with E-state index in [1.807, 2.05) is 6.07 Å². The Bertz CT molecular complexity index is 525. The van der Waals surface area contributed by atoms with Crippen LogP contribution in [0.15, 0.2) is 18.7 Å². The highest BCUT2D eigenvalue weighted by atomic mass is 35.5. The van der Waals surface area contributed by atoms with E-state index in [-0.39, 0.29) is 24.1 Å². The van der Waals surface area contributed by atoms with E-state index in [4.69, 9.17) is 11.0 Å². The summed E-state index contributed by atoms with van der Waals surface area (Å²) in [7, 11) is 0. The first-order valence-electron chi connectivity index (χ1n) is 4.60. The number of hydrogen-bond donors (Lipinski definition) is 1. The molecule has 2 aromatic rings. The van der Waals surface area contributed by atoms with Crippen LogP contribution in [-0.4, -0.2) is 24.7 Å². The summed E-state index contributed by atoms with van der Waals surface area (Å²) < 4.78 is 1.50. The van der Waals surface area contributed by atoms with E-state index in [0.717, 1.165) is 0 Å². The molecule has 0 spiro atoms. The second kappa shape index (κ2) is 5.34. The monoisotopic (exact) mass is 251 g/mol. The fourth-order valence-corrected chi connectivity index (χ4v) is 1.23. The predicted molar refractivity (Wildman–Crippen MR) is 61.5 cm³/mol. The summed E-state index contributed by atoms with van der Waals surface area (Å²) in [6, 6.07) is 1.64. The van der Waals surface area contributed by atoms with Crippen molar-refractivity contribution in [1.82, 2.24) is 24.7 Å². The molecule has 88 valence electrons. The molecule has 0 aliphatic heterocycles. The van der Waals surface area contributed by atoms with E-state index in [1.165, 1.54) is 23.4 Å². The molecule has 0 aromatic carbocycles. The topological polar surface area (TPSA) is 106 Å². The lowest BCUT2D eigenvalue weighted by Gasteiger charge is -2.06. The van der Waals surface area contributed by atoms with Crippen molar-refractivity contribution in [2.45, 2.75) is 13.0 Å². The van der Waals surface area contributed by atoms with E-state index < -0.39 is 0 Å². The average Bonchev–Trinajstić information content (AvgIpc) is 2.78. The van der Waals surface area contributed by atoms with Gasteiger partial charge in [0, 0.05) is 0 Å². The van der Waals surface area contributed by atoms with Crippen molar-refractivity contribution in [3.8, 4) is 11.9 Å². The highest BCUT2D eigenvalue weighted by Gasteiger charge is 2.11. The molecule has 2 rings (SSSR count). The molecule has 0 aliphatic rings. The maximum Gasteiger partial charge on any atom is 0.174 e. The van der Waals surface area contributed by atoms with E-state index in [9.17, 15) is 0 Å². The van der Waals surface area contributed by atoms with Crippen LogP contribution in [0.5, 0.6) is 0 Å². The number of halogens is 1. The normalized spacial score (nSPS) is 11.4. The van der Waals surface area contributed by atoms with E-state index in [0.29, 0.717) is 11.6 Å². The minimum absolute atomic E-state index is 0. The molecule has 0 amide bonds. The molecule has 7 nitrogen and oxygen atoms in total. The summed E-state index contributed by atoms with van der Waals surface area (Å²) in [5.74, 6) is 1.09. The quantitative estimate of drug-likeness (QED) is 0.826. The van der Waals surface area contributed by atoms with Gasteiger partial charge in [-0.1, -0.05) is 0 Å². The van der Waals surface area contributed by atoms with Crippen molar-refractivity contribution >= 4 is 12.4 Å². The molecule has 2 aromatic heterocycles. The van der Waals surface area contributed by atoms with Crippen LogP contribution in [0.1, 0.15) is 24.5 Å². The van der Waals surface area contributed by atoms with E-state index >= 15 is 0 Å². The number of aromatic nitrogens is 5. The summed E-state index contributed by atoms with van der Waals surface area (Å²) >= 11 is 0. The van der Waals surface area contributed by atoms with Gasteiger partial charge in [-0.15, -0.1) is 12.4 Å². The molecule has 8 heteroatoms. The molecular weight excluding hydrogens is 242 g/mol. The minimum Gasteiger partial charge on any atom is -0.322 e. The van der Waals surface area contributed by atoms with Crippen LogP contribution >= 0.6 is 12.4 Å². The van der Waals surface area contributed by atoms with Gasteiger partial charge in [-0.05, 0) is 6.92 Å². The summed E-state index contributed by atoms with van der Waals surface area (Å²) in [4.78, 5) is 12.0. The SMILES string of the molecule is CC(N)c1ncnn1-c1cnc(C#N)cn1.Cl. The molecule has 2 heterocycles. The van der Waals surface area contributed by atoms with Crippen molar-refractivity contribution in [1.29, 1.82) is 5.26 Å². The second-order valence-electron chi connectivity index (χ2n) is 3.19. The number of nitrogens with zero attached hydrogens (tertiary/aromatic N) is 6. The van der Waals surface area contributed by atoms with Crippen LogP contribution < -0.4 is 5.73 Å². The summed E-state index contributed by atoms with van der Waals surface area (Å²) in [5.41, 5.74) is 5.98. The van der Waals surface area contributed by atoms with Gasteiger partial charge in [0.15, 0.2) is 17.3 Å². The first-order valence-corrected chi connectivity index (χ1v) is 4.60. The smallest absolute Gasteiger partial charge is 0.174 e. The highest BCUT2D eigenvalue weighted by molar-refractivity contribution is 5.85. The minimum atomic E-state index is -0.250. The van der Waals surface area contributed by atoms with Gasteiger partial charge in [-0.3, -0.25) is 0 Å².